The van der Waals surface area contributed by atoms with Crippen LogP contribution in [0.4, 0.5) is 4.39 Å². The molecule has 1 atom stereocenters. The van der Waals surface area contributed by atoms with E-state index >= 15 is 0 Å². The monoisotopic (exact) mass is 250 g/mol. The lowest BCUT2D eigenvalue weighted by Gasteiger charge is -2.08. The standard InChI is InChI=1S/C10H12ClFO2S/c1-8-4-2-3-5-9(8)6-10(12)7-15(11,13)14/h2-5,10H,6-7H2,1H3. The third-order valence-electron chi connectivity index (χ3n) is 2.08. The largest absolute Gasteiger partial charge is 0.246 e. The highest BCUT2D eigenvalue weighted by atomic mass is 35.7. The second-order valence-electron chi connectivity index (χ2n) is 3.43. The van der Waals surface area contributed by atoms with Gasteiger partial charge in [-0.3, -0.25) is 0 Å². The lowest BCUT2D eigenvalue weighted by Crippen LogP contribution is -2.15. The average Bonchev–Trinajstić information content (AvgIpc) is 2.05. The highest BCUT2D eigenvalue weighted by Gasteiger charge is 2.17. The van der Waals surface area contributed by atoms with Gasteiger partial charge in [-0.15, -0.1) is 0 Å². The molecule has 0 fully saturated rings. The van der Waals surface area contributed by atoms with Crippen molar-refractivity contribution in [3.8, 4) is 0 Å². The molecule has 0 radical (unpaired) electrons. The smallest absolute Gasteiger partial charge is 0.235 e. The van der Waals surface area contributed by atoms with E-state index in [4.69, 9.17) is 10.7 Å². The van der Waals surface area contributed by atoms with Gasteiger partial charge in [-0.1, -0.05) is 24.3 Å². The van der Waals surface area contributed by atoms with E-state index in [0.29, 0.717) is 0 Å². The van der Waals surface area contributed by atoms with Gasteiger partial charge in [0.2, 0.25) is 9.05 Å². The molecule has 0 bridgehead atoms. The van der Waals surface area contributed by atoms with Gasteiger partial charge < -0.3 is 0 Å². The minimum absolute atomic E-state index is 0.0820. The molecule has 0 amide bonds. The summed E-state index contributed by atoms with van der Waals surface area (Å²) in [5, 5.41) is 0. The molecule has 15 heavy (non-hydrogen) atoms. The zero-order chi connectivity index (χ0) is 11.5. The zero-order valence-electron chi connectivity index (χ0n) is 8.28. The highest BCUT2D eigenvalue weighted by molar-refractivity contribution is 8.13. The van der Waals surface area contributed by atoms with Crippen LogP contribution in [0.5, 0.6) is 0 Å². The van der Waals surface area contributed by atoms with Crippen LogP contribution in [0.1, 0.15) is 11.1 Å². The first-order valence-corrected chi connectivity index (χ1v) is 6.97. The van der Waals surface area contributed by atoms with Gasteiger partial charge in [0, 0.05) is 17.1 Å². The van der Waals surface area contributed by atoms with Gasteiger partial charge in [-0.25, -0.2) is 12.8 Å². The predicted molar refractivity (Wildman–Crippen MR) is 59.4 cm³/mol. The second kappa shape index (κ2) is 4.94. The summed E-state index contributed by atoms with van der Waals surface area (Å²) < 4.78 is 34.6. The van der Waals surface area contributed by atoms with Crippen molar-refractivity contribution in [1.82, 2.24) is 0 Å². The van der Waals surface area contributed by atoms with E-state index in [2.05, 4.69) is 0 Å². The van der Waals surface area contributed by atoms with E-state index in [-0.39, 0.29) is 6.42 Å². The summed E-state index contributed by atoms with van der Waals surface area (Å²) in [6.45, 7) is 1.86. The van der Waals surface area contributed by atoms with Crippen molar-refractivity contribution in [1.29, 1.82) is 0 Å². The van der Waals surface area contributed by atoms with Crippen LogP contribution in [0, 0.1) is 6.92 Å². The Morgan fingerprint density at radius 1 is 1.40 bits per heavy atom. The topological polar surface area (TPSA) is 34.1 Å². The molecule has 0 N–H and O–H groups in total. The Morgan fingerprint density at radius 2 is 2.00 bits per heavy atom. The number of hydrogen-bond acceptors (Lipinski definition) is 2. The van der Waals surface area contributed by atoms with Gasteiger partial charge in [-0.2, -0.15) is 0 Å². The lowest BCUT2D eigenvalue weighted by molar-refractivity contribution is 0.361. The Balaban J connectivity index is 2.67. The number of halogens is 2. The summed E-state index contributed by atoms with van der Waals surface area (Å²) in [7, 11) is 1.21. The Hall–Kier alpha value is -0.610. The first kappa shape index (κ1) is 12.5. The van der Waals surface area contributed by atoms with E-state index in [0.717, 1.165) is 11.1 Å². The fourth-order valence-electron chi connectivity index (χ4n) is 1.35. The summed E-state index contributed by atoms with van der Waals surface area (Å²) in [6.07, 6.45) is -1.37. The molecule has 1 rings (SSSR count). The molecule has 0 spiro atoms. The normalized spacial score (nSPS) is 13.8. The van der Waals surface area contributed by atoms with Crippen LogP contribution in [-0.4, -0.2) is 20.3 Å². The van der Waals surface area contributed by atoms with Gasteiger partial charge in [0.05, 0.1) is 5.75 Å². The van der Waals surface area contributed by atoms with Crippen molar-refractivity contribution >= 4 is 19.7 Å². The van der Waals surface area contributed by atoms with Crippen LogP contribution >= 0.6 is 10.7 Å². The molecule has 1 unspecified atom stereocenters. The Kier molecular flexibility index (Phi) is 4.11. The molecule has 0 aliphatic rings. The van der Waals surface area contributed by atoms with E-state index in [1.54, 1.807) is 12.1 Å². The maximum absolute atomic E-state index is 13.3. The molecule has 0 saturated carbocycles. The molecule has 0 aliphatic carbocycles. The number of hydrogen-bond donors (Lipinski definition) is 0. The molecule has 0 heterocycles. The second-order valence-corrected chi connectivity index (χ2v) is 6.25. The maximum atomic E-state index is 13.3. The van der Waals surface area contributed by atoms with Crippen LogP contribution < -0.4 is 0 Å². The number of benzene rings is 1. The fraction of sp³-hybridized carbons (Fsp3) is 0.400. The molecule has 0 aliphatic heterocycles. The lowest BCUT2D eigenvalue weighted by atomic mass is 10.0. The number of aryl methyl sites for hydroxylation is 1. The Morgan fingerprint density at radius 3 is 2.53 bits per heavy atom. The van der Waals surface area contributed by atoms with Crippen molar-refractivity contribution < 1.29 is 12.8 Å². The van der Waals surface area contributed by atoms with E-state index in [9.17, 15) is 12.8 Å². The van der Waals surface area contributed by atoms with Gasteiger partial charge >= 0.3 is 0 Å². The highest BCUT2D eigenvalue weighted by Crippen LogP contribution is 2.13. The third-order valence-corrected chi connectivity index (χ3v) is 3.22. The molecule has 84 valence electrons. The fourth-order valence-corrected chi connectivity index (χ4v) is 2.31. The molecule has 1 aromatic carbocycles. The van der Waals surface area contributed by atoms with E-state index in [1.807, 2.05) is 19.1 Å². The molecule has 0 saturated heterocycles. The van der Waals surface area contributed by atoms with Crippen molar-refractivity contribution in [2.75, 3.05) is 5.75 Å². The van der Waals surface area contributed by atoms with Crippen LogP contribution in [0.3, 0.4) is 0 Å². The molecule has 1 aromatic rings. The minimum atomic E-state index is -3.76. The SMILES string of the molecule is Cc1ccccc1CC(F)CS(=O)(=O)Cl. The molecular weight excluding hydrogens is 239 g/mol. The maximum Gasteiger partial charge on any atom is 0.235 e. The molecule has 5 heteroatoms. The zero-order valence-corrected chi connectivity index (χ0v) is 9.85. The first-order chi connectivity index (χ1) is 6.88. The van der Waals surface area contributed by atoms with Crippen LogP contribution in [0.25, 0.3) is 0 Å². The van der Waals surface area contributed by atoms with Crippen molar-refractivity contribution in [2.45, 2.75) is 19.5 Å². The summed E-state index contributed by atoms with van der Waals surface area (Å²) in [5.41, 5.74) is 1.76. The van der Waals surface area contributed by atoms with Gasteiger partial charge in [0.25, 0.3) is 0 Å². The summed E-state index contributed by atoms with van der Waals surface area (Å²) in [5.74, 6) is -0.636. The summed E-state index contributed by atoms with van der Waals surface area (Å²) in [6, 6.07) is 7.29. The Labute approximate surface area is 93.5 Å². The molecule has 2 nitrogen and oxygen atoms in total. The molecular formula is C10H12ClFO2S. The van der Waals surface area contributed by atoms with Gasteiger partial charge in [0.1, 0.15) is 6.17 Å². The van der Waals surface area contributed by atoms with Crippen LogP contribution in [0.2, 0.25) is 0 Å². The Bertz CT molecular complexity index is 431. The third kappa shape index (κ3) is 4.62. The molecule has 0 aromatic heterocycles. The quantitative estimate of drug-likeness (QED) is 0.770. The van der Waals surface area contributed by atoms with E-state index in [1.165, 1.54) is 0 Å². The van der Waals surface area contributed by atoms with Gasteiger partial charge in [-0.05, 0) is 18.1 Å². The van der Waals surface area contributed by atoms with E-state index < -0.39 is 21.0 Å². The van der Waals surface area contributed by atoms with Crippen LogP contribution in [0.15, 0.2) is 24.3 Å². The summed E-state index contributed by atoms with van der Waals surface area (Å²) in [4.78, 5) is 0. The van der Waals surface area contributed by atoms with Crippen LogP contribution in [-0.2, 0) is 15.5 Å². The number of alkyl halides is 1. The van der Waals surface area contributed by atoms with Crippen molar-refractivity contribution in [3.63, 3.8) is 0 Å². The number of rotatable bonds is 4. The predicted octanol–water partition coefficient (Wildman–Crippen LogP) is 2.44. The first-order valence-electron chi connectivity index (χ1n) is 4.49. The minimum Gasteiger partial charge on any atom is -0.246 e. The van der Waals surface area contributed by atoms with Crippen molar-refractivity contribution in [3.05, 3.63) is 35.4 Å². The van der Waals surface area contributed by atoms with Crippen molar-refractivity contribution in [2.24, 2.45) is 0 Å². The van der Waals surface area contributed by atoms with Gasteiger partial charge in [0.15, 0.2) is 0 Å². The summed E-state index contributed by atoms with van der Waals surface area (Å²) >= 11 is 0. The average molecular weight is 251 g/mol.